The zero-order valence-electron chi connectivity index (χ0n) is 9.63. The maximum Gasteiger partial charge on any atom is 0.00109 e. The molecule has 1 aromatic carbocycles. The van der Waals surface area contributed by atoms with E-state index in [4.69, 9.17) is 0 Å². The summed E-state index contributed by atoms with van der Waals surface area (Å²) < 4.78 is 0. The van der Waals surface area contributed by atoms with Gasteiger partial charge in [-0.05, 0) is 43.2 Å². The van der Waals surface area contributed by atoms with Gasteiger partial charge in [-0.25, -0.2) is 0 Å². The fourth-order valence-corrected chi connectivity index (χ4v) is 2.64. The van der Waals surface area contributed by atoms with Gasteiger partial charge in [0.2, 0.25) is 0 Å². The molecule has 1 heterocycles. The Balaban J connectivity index is 2.07. The SMILES string of the molecule is CCC1(Cc2ccccc2)CCCNC1. The summed E-state index contributed by atoms with van der Waals surface area (Å²) in [5.74, 6) is 0. The highest BCUT2D eigenvalue weighted by atomic mass is 14.9. The van der Waals surface area contributed by atoms with E-state index in [1.165, 1.54) is 44.3 Å². The van der Waals surface area contributed by atoms with Crippen molar-refractivity contribution in [1.29, 1.82) is 0 Å². The van der Waals surface area contributed by atoms with Crippen molar-refractivity contribution in [3.8, 4) is 0 Å². The minimum absolute atomic E-state index is 0.513. The van der Waals surface area contributed by atoms with Crippen LogP contribution in [-0.4, -0.2) is 13.1 Å². The minimum atomic E-state index is 0.513. The van der Waals surface area contributed by atoms with Gasteiger partial charge in [0.15, 0.2) is 0 Å². The van der Waals surface area contributed by atoms with Crippen molar-refractivity contribution < 1.29 is 0 Å². The monoisotopic (exact) mass is 203 g/mol. The molecule has 1 aromatic rings. The van der Waals surface area contributed by atoms with E-state index in [0.29, 0.717) is 5.41 Å². The Kier molecular flexibility index (Phi) is 3.42. The van der Waals surface area contributed by atoms with E-state index in [1.807, 2.05) is 0 Å². The van der Waals surface area contributed by atoms with E-state index in [2.05, 4.69) is 42.6 Å². The van der Waals surface area contributed by atoms with Gasteiger partial charge in [-0.15, -0.1) is 0 Å². The molecule has 0 aromatic heterocycles. The van der Waals surface area contributed by atoms with Gasteiger partial charge in [0, 0.05) is 6.54 Å². The molecule has 0 bridgehead atoms. The van der Waals surface area contributed by atoms with E-state index >= 15 is 0 Å². The molecule has 1 saturated heterocycles. The van der Waals surface area contributed by atoms with Crippen molar-refractivity contribution in [3.05, 3.63) is 35.9 Å². The number of rotatable bonds is 3. The molecule has 82 valence electrons. The van der Waals surface area contributed by atoms with Gasteiger partial charge in [0.1, 0.15) is 0 Å². The molecule has 0 spiro atoms. The van der Waals surface area contributed by atoms with Crippen LogP contribution >= 0.6 is 0 Å². The average Bonchev–Trinajstić information content (AvgIpc) is 2.32. The lowest BCUT2D eigenvalue weighted by molar-refractivity contribution is 0.198. The molecule has 1 aliphatic rings. The van der Waals surface area contributed by atoms with Crippen molar-refractivity contribution in [3.63, 3.8) is 0 Å². The van der Waals surface area contributed by atoms with Crippen LogP contribution in [0.1, 0.15) is 31.7 Å². The predicted octanol–water partition coefficient (Wildman–Crippen LogP) is 3.01. The molecule has 0 radical (unpaired) electrons. The third-order valence-corrected chi connectivity index (χ3v) is 3.73. The number of nitrogens with one attached hydrogen (secondary N) is 1. The molecule has 0 aliphatic carbocycles. The third-order valence-electron chi connectivity index (χ3n) is 3.73. The number of hydrogen-bond acceptors (Lipinski definition) is 1. The van der Waals surface area contributed by atoms with E-state index in [0.717, 1.165) is 0 Å². The van der Waals surface area contributed by atoms with Crippen molar-refractivity contribution in [2.75, 3.05) is 13.1 Å². The Bertz CT molecular complexity index is 285. The van der Waals surface area contributed by atoms with Gasteiger partial charge < -0.3 is 5.32 Å². The van der Waals surface area contributed by atoms with Crippen molar-refractivity contribution in [2.45, 2.75) is 32.6 Å². The largest absolute Gasteiger partial charge is 0.316 e. The molecular weight excluding hydrogens is 182 g/mol. The fraction of sp³-hybridized carbons (Fsp3) is 0.571. The minimum Gasteiger partial charge on any atom is -0.316 e. The molecule has 1 heteroatoms. The highest BCUT2D eigenvalue weighted by molar-refractivity contribution is 5.17. The van der Waals surface area contributed by atoms with Gasteiger partial charge in [0.05, 0.1) is 0 Å². The normalized spacial score (nSPS) is 26.5. The molecule has 1 N–H and O–H groups in total. The van der Waals surface area contributed by atoms with E-state index in [1.54, 1.807) is 0 Å². The van der Waals surface area contributed by atoms with Gasteiger partial charge in [-0.2, -0.15) is 0 Å². The second-order valence-corrected chi connectivity index (χ2v) is 4.80. The zero-order valence-corrected chi connectivity index (χ0v) is 9.63. The van der Waals surface area contributed by atoms with Crippen LogP contribution in [0.15, 0.2) is 30.3 Å². The van der Waals surface area contributed by atoms with Crippen LogP contribution in [0.5, 0.6) is 0 Å². The van der Waals surface area contributed by atoms with E-state index in [9.17, 15) is 0 Å². The lowest BCUT2D eigenvalue weighted by Gasteiger charge is -2.37. The summed E-state index contributed by atoms with van der Waals surface area (Å²) in [5, 5.41) is 3.55. The molecule has 15 heavy (non-hydrogen) atoms. The van der Waals surface area contributed by atoms with Gasteiger partial charge >= 0.3 is 0 Å². The summed E-state index contributed by atoms with van der Waals surface area (Å²) in [6.45, 7) is 4.73. The molecule has 0 amide bonds. The van der Waals surface area contributed by atoms with Crippen LogP contribution in [0, 0.1) is 5.41 Å². The number of benzene rings is 1. The summed E-state index contributed by atoms with van der Waals surface area (Å²) in [4.78, 5) is 0. The first-order chi connectivity index (χ1) is 7.35. The first-order valence-corrected chi connectivity index (χ1v) is 6.09. The highest BCUT2D eigenvalue weighted by Crippen LogP contribution is 2.33. The Morgan fingerprint density at radius 3 is 2.67 bits per heavy atom. The van der Waals surface area contributed by atoms with Crippen molar-refractivity contribution >= 4 is 0 Å². The number of piperidine rings is 1. The van der Waals surface area contributed by atoms with Gasteiger partial charge in [-0.3, -0.25) is 0 Å². The van der Waals surface area contributed by atoms with Gasteiger partial charge in [0.25, 0.3) is 0 Å². The first kappa shape index (κ1) is 10.7. The smallest absolute Gasteiger partial charge is 0.00109 e. The van der Waals surface area contributed by atoms with Crippen LogP contribution in [0.4, 0.5) is 0 Å². The first-order valence-electron chi connectivity index (χ1n) is 6.09. The summed E-state index contributed by atoms with van der Waals surface area (Å²) in [6, 6.07) is 10.9. The second-order valence-electron chi connectivity index (χ2n) is 4.80. The predicted molar refractivity (Wildman–Crippen MR) is 65.0 cm³/mol. The van der Waals surface area contributed by atoms with E-state index < -0.39 is 0 Å². The Labute approximate surface area is 92.9 Å². The quantitative estimate of drug-likeness (QED) is 0.796. The van der Waals surface area contributed by atoms with Crippen LogP contribution in [0.3, 0.4) is 0 Å². The summed E-state index contributed by atoms with van der Waals surface area (Å²) >= 11 is 0. The topological polar surface area (TPSA) is 12.0 Å². The Morgan fingerprint density at radius 1 is 1.27 bits per heavy atom. The van der Waals surface area contributed by atoms with Crippen LogP contribution in [0.2, 0.25) is 0 Å². The Morgan fingerprint density at radius 2 is 2.07 bits per heavy atom. The average molecular weight is 203 g/mol. The van der Waals surface area contributed by atoms with Crippen molar-refractivity contribution in [2.24, 2.45) is 5.41 Å². The molecular formula is C14H21N. The third kappa shape index (κ3) is 2.60. The summed E-state index contributed by atoms with van der Waals surface area (Å²) in [7, 11) is 0. The van der Waals surface area contributed by atoms with E-state index in [-0.39, 0.29) is 0 Å². The fourth-order valence-electron chi connectivity index (χ4n) is 2.64. The summed E-state index contributed by atoms with van der Waals surface area (Å²) in [6.07, 6.45) is 5.23. The highest BCUT2D eigenvalue weighted by Gasteiger charge is 2.29. The molecule has 1 nitrogen and oxygen atoms in total. The van der Waals surface area contributed by atoms with Gasteiger partial charge in [-0.1, -0.05) is 37.3 Å². The molecule has 2 rings (SSSR count). The maximum absolute atomic E-state index is 3.55. The summed E-state index contributed by atoms with van der Waals surface area (Å²) in [5.41, 5.74) is 2.00. The second kappa shape index (κ2) is 4.80. The van der Waals surface area contributed by atoms with Crippen LogP contribution < -0.4 is 5.32 Å². The Hall–Kier alpha value is -0.820. The van der Waals surface area contributed by atoms with Crippen molar-refractivity contribution in [1.82, 2.24) is 5.32 Å². The molecule has 1 aliphatic heterocycles. The molecule has 1 fully saturated rings. The zero-order chi connectivity index (χ0) is 10.6. The standard InChI is InChI=1S/C14H21N/c1-2-14(9-6-10-15-12-14)11-13-7-4-3-5-8-13/h3-5,7-8,15H,2,6,9-12H2,1H3. The molecule has 1 unspecified atom stereocenters. The maximum atomic E-state index is 3.55. The van der Waals surface area contributed by atoms with Crippen LogP contribution in [-0.2, 0) is 6.42 Å². The molecule has 0 saturated carbocycles. The lowest BCUT2D eigenvalue weighted by Crippen LogP contribution is -2.41. The lowest BCUT2D eigenvalue weighted by atomic mass is 9.74. The number of hydrogen-bond donors (Lipinski definition) is 1. The van der Waals surface area contributed by atoms with Crippen LogP contribution in [0.25, 0.3) is 0 Å². The molecule has 1 atom stereocenters.